The maximum absolute atomic E-state index is 2.67. The van der Waals surface area contributed by atoms with E-state index in [2.05, 4.69) is 65.2 Å². The van der Waals surface area contributed by atoms with Crippen LogP contribution in [-0.2, 0) is 0 Å². The van der Waals surface area contributed by atoms with Gasteiger partial charge in [0.2, 0.25) is 0 Å². The molecule has 0 radical (unpaired) electrons. The minimum absolute atomic E-state index is 0.734. The summed E-state index contributed by atoms with van der Waals surface area (Å²) in [5, 5.41) is 0. The summed E-state index contributed by atoms with van der Waals surface area (Å²) in [5.74, 6) is 1.65. The number of piperidine rings is 2. The van der Waals surface area contributed by atoms with Crippen LogP contribution in [0.1, 0.15) is 122 Å². The predicted octanol–water partition coefficient (Wildman–Crippen LogP) is 7.86. The third-order valence-corrected chi connectivity index (χ3v) is 6.05. The van der Waals surface area contributed by atoms with Gasteiger partial charge in [-0.1, -0.05) is 68.2 Å². The van der Waals surface area contributed by atoms with Crippen LogP contribution in [0.2, 0.25) is 0 Å². The third-order valence-electron chi connectivity index (χ3n) is 6.05. The molecule has 0 spiro atoms. The number of hydrogen-bond acceptors (Lipinski definition) is 2. The van der Waals surface area contributed by atoms with Gasteiger partial charge in [-0.2, -0.15) is 0 Å². The highest BCUT2D eigenvalue weighted by molar-refractivity contribution is 4.82. The van der Waals surface area contributed by atoms with E-state index in [0.717, 1.165) is 36.0 Å². The SMILES string of the molecule is CC.CC.CC(C)[C@@H]1CCCCN1C(C)C.CC(C)[C@H]1CCCCN1C(C)C. The van der Waals surface area contributed by atoms with Crippen molar-refractivity contribution in [3.8, 4) is 0 Å². The highest BCUT2D eigenvalue weighted by atomic mass is 15.2. The van der Waals surface area contributed by atoms with Crippen LogP contribution in [0.3, 0.4) is 0 Å². The molecule has 2 heterocycles. The zero-order chi connectivity index (χ0) is 22.3. The zero-order valence-corrected chi connectivity index (χ0v) is 22.0. The highest BCUT2D eigenvalue weighted by Gasteiger charge is 2.27. The summed E-state index contributed by atoms with van der Waals surface area (Å²) in [7, 11) is 0. The Hall–Kier alpha value is -0.0800. The van der Waals surface area contributed by atoms with E-state index in [9.17, 15) is 0 Å². The number of hydrogen-bond donors (Lipinski definition) is 0. The van der Waals surface area contributed by atoms with Crippen LogP contribution in [0.4, 0.5) is 0 Å². The number of likely N-dealkylation sites (tertiary alicyclic amines) is 2. The van der Waals surface area contributed by atoms with Gasteiger partial charge in [-0.05, 0) is 78.3 Å². The van der Waals surface area contributed by atoms with E-state index in [1.807, 2.05) is 27.7 Å². The van der Waals surface area contributed by atoms with Crippen LogP contribution in [0, 0.1) is 11.8 Å². The Kier molecular flexibility index (Phi) is 19.1. The molecular weight excluding hydrogens is 340 g/mol. The molecular formula is C26H58N2. The molecule has 2 atom stereocenters. The van der Waals surface area contributed by atoms with E-state index < -0.39 is 0 Å². The van der Waals surface area contributed by atoms with Crippen LogP contribution in [-0.4, -0.2) is 47.1 Å². The lowest BCUT2D eigenvalue weighted by atomic mass is 9.92. The second-order valence-corrected chi connectivity index (χ2v) is 9.28. The van der Waals surface area contributed by atoms with E-state index >= 15 is 0 Å². The Morgan fingerprint density at radius 1 is 0.500 bits per heavy atom. The molecule has 2 rings (SSSR count). The first kappa shape index (κ1) is 30.1. The lowest BCUT2D eigenvalue weighted by Crippen LogP contribution is -2.46. The van der Waals surface area contributed by atoms with Gasteiger partial charge < -0.3 is 0 Å². The summed E-state index contributed by atoms with van der Waals surface area (Å²) in [6.45, 7) is 29.3. The van der Waals surface area contributed by atoms with Crippen molar-refractivity contribution in [1.29, 1.82) is 0 Å². The van der Waals surface area contributed by atoms with Gasteiger partial charge in [0.25, 0.3) is 0 Å². The third kappa shape index (κ3) is 11.2. The Morgan fingerprint density at radius 2 is 0.786 bits per heavy atom. The van der Waals surface area contributed by atoms with Gasteiger partial charge in [-0.15, -0.1) is 0 Å². The molecule has 172 valence electrons. The van der Waals surface area contributed by atoms with Crippen LogP contribution in [0.5, 0.6) is 0 Å². The van der Waals surface area contributed by atoms with Crippen molar-refractivity contribution >= 4 is 0 Å². The molecule has 0 saturated carbocycles. The maximum Gasteiger partial charge on any atom is 0.0121 e. The smallest absolute Gasteiger partial charge is 0.0121 e. The average Bonchev–Trinajstić information content (AvgIpc) is 2.71. The van der Waals surface area contributed by atoms with E-state index in [1.54, 1.807) is 0 Å². The van der Waals surface area contributed by atoms with Gasteiger partial charge in [0.05, 0.1) is 0 Å². The molecule has 2 aliphatic heterocycles. The lowest BCUT2D eigenvalue weighted by molar-refractivity contribution is 0.0807. The van der Waals surface area contributed by atoms with Crippen LogP contribution in [0.15, 0.2) is 0 Å². The summed E-state index contributed by atoms with van der Waals surface area (Å²) in [6, 6.07) is 3.16. The van der Waals surface area contributed by atoms with Crippen molar-refractivity contribution in [2.24, 2.45) is 11.8 Å². The second-order valence-electron chi connectivity index (χ2n) is 9.28. The number of nitrogens with zero attached hydrogens (tertiary/aromatic N) is 2. The Morgan fingerprint density at radius 3 is 0.964 bits per heavy atom. The minimum Gasteiger partial charge on any atom is -0.298 e. The van der Waals surface area contributed by atoms with Crippen molar-refractivity contribution in [2.75, 3.05) is 13.1 Å². The van der Waals surface area contributed by atoms with Gasteiger partial charge in [0.1, 0.15) is 0 Å². The van der Waals surface area contributed by atoms with Gasteiger partial charge in [-0.25, -0.2) is 0 Å². The van der Waals surface area contributed by atoms with Gasteiger partial charge in [0.15, 0.2) is 0 Å². The molecule has 0 aliphatic carbocycles. The zero-order valence-electron chi connectivity index (χ0n) is 22.0. The highest BCUT2D eigenvalue weighted by Crippen LogP contribution is 2.25. The molecule has 2 aliphatic rings. The molecule has 0 aromatic carbocycles. The summed E-state index contributed by atoms with van der Waals surface area (Å²) >= 11 is 0. The fraction of sp³-hybridized carbons (Fsp3) is 1.00. The maximum atomic E-state index is 2.67. The Labute approximate surface area is 180 Å². The van der Waals surface area contributed by atoms with E-state index in [-0.39, 0.29) is 0 Å². The Balaban J connectivity index is 0. The lowest BCUT2D eigenvalue weighted by Gasteiger charge is -2.40. The summed E-state index contributed by atoms with van der Waals surface area (Å²) in [6.07, 6.45) is 8.51. The normalized spacial score (nSPS) is 23.6. The molecule has 0 aromatic heterocycles. The van der Waals surface area contributed by atoms with Crippen LogP contribution in [0.25, 0.3) is 0 Å². The summed E-state index contributed by atoms with van der Waals surface area (Å²) in [4.78, 5) is 5.35. The minimum atomic E-state index is 0.734. The molecule has 0 N–H and O–H groups in total. The molecule has 28 heavy (non-hydrogen) atoms. The van der Waals surface area contributed by atoms with Gasteiger partial charge >= 0.3 is 0 Å². The molecule has 2 nitrogen and oxygen atoms in total. The van der Waals surface area contributed by atoms with E-state index in [0.29, 0.717) is 0 Å². The van der Waals surface area contributed by atoms with Gasteiger partial charge in [0, 0.05) is 24.2 Å². The topological polar surface area (TPSA) is 6.48 Å². The van der Waals surface area contributed by atoms with Crippen molar-refractivity contribution < 1.29 is 0 Å². The molecule has 0 unspecified atom stereocenters. The molecule has 2 heteroatoms. The summed E-state index contributed by atoms with van der Waals surface area (Å²) in [5.41, 5.74) is 0. The monoisotopic (exact) mass is 398 g/mol. The van der Waals surface area contributed by atoms with E-state index in [4.69, 9.17) is 0 Å². The standard InChI is InChI=1S/2C11H23N.2C2H6/c2*1-9(2)11-7-5-6-8-12(11)10(3)4;2*1-2/h2*9-11H,5-8H2,1-4H3;2*1-2H3/t2*11-;;/m10../s1. The molecule has 0 amide bonds. The van der Waals surface area contributed by atoms with Crippen LogP contribution >= 0.6 is 0 Å². The van der Waals surface area contributed by atoms with Crippen molar-refractivity contribution in [1.82, 2.24) is 9.80 Å². The second kappa shape index (κ2) is 17.8. The van der Waals surface area contributed by atoms with Crippen molar-refractivity contribution in [2.45, 2.75) is 146 Å². The average molecular weight is 399 g/mol. The molecule has 0 aromatic rings. The fourth-order valence-corrected chi connectivity index (χ4v) is 4.67. The molecule has 2 saturated heterocycles. The number of rotatable bonds is 4. The van der Waals surface area contributed by atoms with Gasteiger partial charge in [-0.3, -0.25) is 9.80 Å². The fourth-order valence-electron chi connectivity index (χ4n) is 4.67. The first-order chi connectivity index (χ1) is 13.3. The van der Waals surface area contributed by atoms with E-state index in [1.165, 1.54) is 51.6 Å². The van der Waals surface area contributed by atoms with Crippen molar-refractivity contribution in [3.05, 3.63) is 0 Å². The van der Waals surface area contributed by atoms with Crippen LogP contribution < -0.4 is 0 Å². The largest absolute Gasteiger partial charge is 0.298 e. The molecule has 2 fully saturated rings. The Bertz CT molecular complexity index is 258. The predicted molar refractivity (Wildman–Crippen MR) is 131 cm³/mol. The van der Waals surface area contributed by atoms with Crippen molar-refractivity contribution in [3.63, 3.8) is 0 Å². The first-order valence-electron chi connectivity index (χ1n) is 12.8. The first-order valence-corrected chi connectivity index (χ1v) is 12.8. The summed E-state index contributed by atoms with van der Waals surface area (Å²) < 4.78 is 0. The molecule has 0 bridgehead atoms. The quantitative estimate of drug-likeness (QED) is 0.475.